The van der Waals surface area contributed by atoms with Crippen LogP contribution in [0.3, 0.4) is 0 Å². The summed E-state index contributed by atoms with van der Waals surface area (Å²) in [4.78, 5) is 31.2. The molecule has 1 aromatic heterocycles. The fourth-order valence-electron chi connectivity index (χ4n) is 4.44. The molecule has 1 saturated heterocycles. The number of ether oxygens (including phenoxy) is 1. The number of ketones is 1. The molecule has 0 amide bonds. The number of thioether (sulfide) groups is 1. The Kier molecular flexibility index (Phi) is 9.50. The third-order valence-corrected chi connectivity index (χ3v) is 7.45. The standard InChI is InChI=1S/C25H33FN2O4S/c1-3-4-12-33-13-11-28-10-9-17(20(16-28)25(30)31)5-8-23(29)24-19-14-18(32-2)6-7-22(19)27-15-21(24)26/h6-7,14-15,17,20H,3-5,8-13,16H2,1-2H3,(H,30,31). The predicted octanol–water partition coefficient (Wildman–Crippen LogP) is 4.90. The molecule has 0 spiro atoms. The van der Waals surface area contributed by atoms with Crippen LogP contribution in [0.1, 0.15) is 49.4 Å². The molecule has 0 aliphatic carbocycles. The second-order valence-corrected chi connectivity index (χ2v) is 9.81. The summed E-state index contributed by atoms with van der Waals surface area (Å²) in [5.74, 6) is 0.262. The number of unbranched alkanes of at least 4 members (excludes halogenated alkanes) is 1. The predicted molar refractivity (Wildman–Crippen MR) is 130 cm³/mol. The van der Waals surface area contributed by atoms with Crippen LogP contribution in [0.4, 0.5) is 4.39 Å². The molecule has 1 aliphatic heterocycles. The number of aliphatic carboxylic acids is 1. The highest BCUT2D eigenvalue weighted by Crippen LogP contribution is 2.31. The normalized spacial score (nSPS) is 19.0. The number of fused-ring (bicyclic) bond motifs is 1. The van der Waals surface area contributed by atoms with Crippen molar-refractivity contribution in [3.8, 4) is 5.75 Å². The Morgan fingerprint density at radius 3 is 2.88 bits per heavy atom. The van der Waals surface area contributed by atoms with Gasteiger partial charge in [-0.1, -0.05) is 13.3 Å². The van der Waals surface area contributed by atoms with E-state index in [1.54, 1.807) is 18.2 Å². The Bertz CT molecular complexity index is 971. The Morgan fingerprint density at radius 2 is 2.15 bits per heavy atom. The maximum atomic E-state index is 14.6. The number of likely N-dealkylation sites (tertiary alicyclic amines) is 1. The molecule has 2 heterocycles. The van der Waals surface area contributed by atoms with E-state index in [-0.39, 0.29) is 23.7 Å². The average molecular weight is 477 g/mol. The maximum Gasteiger partial charge on any atom is 0.308 e. The monoisotopic (exact) mass is 476 g/mol. The van der Waals surface area contributed by atoms with Gasteiger partial charge in [0.25, 0.3) is 0 Å². The number of methoxy groups -OCH3 is 1. The molecule has 33 heavy (non-hydrogen) atoms. The van der Waals surface area contributed by atoms with Crippen molar-refractivity contribution >= 4 is 34.4 Å². The molecule has 1 aliphatic rings. The summed E-state index contributed by atoms with van der Waals surface area (Å²) in [6, 6.07) is 5.03. The van der Waals surface area contributed by atoms with Crippen LogP contribution in [0.2, 0.25) is 0 Å². The fraction of sp³-hybridized carbons (Fsp3) is 0.560. The summed E-state index contributed by atoms with van der Waals surface area (Å²) < 4.78 is 19.8. The first kappa shape index (κ1) is 25.4. The minimum Gasteiger partial charge on any atom is -0.497 e. The Labute approximate surface area is 198 Å². The molecule has 1 aromatic carbocycles. The van der Waals surface area contributed by atoms with E-state index in [0.29, 0.717) is 29.6 Å². The van der Waals surface area contributed by atoms with E-state index in [4.69, 9.17) is 4.74 Å². The number of pyridine rings is 1. The van der Waals surface area contributed by atoms with Crippen LogP contribution in [-0.2, 0) is 4.79 Å². The van der Waals surface area contributed by atoms with Crippen LogP contribution in [0.5, 0.6) is 5.75 Å². The van der Waals surface area contributed by atoms with Gasteiger partial charge in [0, 0.05) is 30.6 Å². The number of hydrogen-bond donors (Lipinski definition) is 1. The first-order valence-corrected chi connectivity index (χ1v) is 12.8. The van der Waals surface area contributed by atoms with Gasteiger partial charge in [0.05, 0.1) is 30.3 Å². The smallest absolute Gasteiger partial charge is 0.308 e. The van der Waals surface area contributed by atoms with Gasteiger partial charge in [-0.25, -0.2) is 4.39 Å². The fourth-order valence-corrected chi connectivity index (χ4v) is 5.52. The second-order valence-electron chi connectivity index (χ2n) is 8.59. The molecule has 0 saturated carbocycles. The van der Waals surface area contributed by atoms with Crippen molar-refractivity contribution in [2.24, 2.45) is 11.8 Å². The number of halogens is 1. The first-order chi connectivity index (χ1) is 15.9. The molecule has 2 atom stereocenters. The summed E-state index contributed by atoms with van der Waals surface area (Å²) in [7, 11) is 1.51. The largest absolute Gasteiger partial charge is 0.497 e. The minimum atomic E-state index is -0.818. The molecular weight excluding hydrogens is 443 g/mol. The molecule has 3 rings (SSSR count). The Balaban J connectivity index is 1.63. The van der Waals surface area contributed by atoms with Gasteiger partial charge in [0.15, 0.2) is 11.6 Å². The number of carboxylic acids is 1. The van der Waals surface area contributed by atoms with Crippen molar-refractivity contribution in [3.63, 3.8) is 0 Å². The number of rotatable bonds is 12. The van der Waals surface area contributed by atoms with Crippen molar-refractivity contribution in [1.29, 1.82) is 0 Å². The van der Waals surface area contributed by atoms with E-state index < -0.39 is 17.7 Å². The van der Waals surface area contributed by atoms with Gasteiger partial charge >= 0.3 is 5.97 Å². The van der Waals surface area contributed by atoms with Crippen LogP contribution in [0.15, 0.2) is 24.4 Å². The zero-order valence-electron chi connectivity index (χ0n) is 19.4. The van der Waals surface area contributed by atoms with Gasteiger partial charge in [-0.2, -0.15) is 11.8 Å². The van der Waals surface area contributed by atoms with Crippen LogP contribution in [0.25, 0.3) is 10.9 Å². The zero-order chi connectivity index (χ0) is 23.8. The van der Waals surface area contributed by atoms with Crippen molar-refractivity contribution < 1.29 is 23.8 Å². The number of nitrogens with zero attached hydrogens (tertiary/aromatic N) is 2. The highest BCUT2D eigenvalue weighted by atomic mass is 32.2. The first-order valence-electron chi connectivity index (χ1n) is 11.6. The third-order valence-electron chi connectivity index (χ3n) is 6.40. The lowest BCUT2D eigenvalue weighted by molar-refractivity contribution is -0.146. The topological polar surface area (TPSA) is 79.7 Å². The molecule has 1 N–H and O–H groups in total. The molecular formula is C25H33FN2O4S. The highest BCUT2D eigenvalue weighted by Gasteiger charge is 2.34. The molecule has 6 nitrogen and oxygen atoms in total. The summed E-state index contributed by atoms with van der Waals surface area (Å²) in [5, 5.41) is 10.2. The number of piperidine rings is 1. The quantitative estimate of drug-likeness (QED) is 0.345. The van der Waals surface area contributed by atoms with Crippen molar-refractivity contribution in [2.75, 3.05) is 38.2 Å². The average Bonchev–Trinajstić information content (AvgIpc) is 2.82. The Morgan fingerprint density at radius 1 is 1.33 bits per heavy atom. The number of Topliss-reactive ketones (excluding diaryl/α,β-unsaturated/α-hetero) is 1. The summed E-state index contributed by atoms with van der Waals surface area (Å²) >= 11 is 1.92. The van der Waals surface area contributed by atoms with E-state index in [1.165, 1.54) is 20.0 Å². The van der Waals surface area contributed by atoms with Crippen LogP contribution >= 0.6 is 11.8 Å². The third kappa shape index (κ3) is 6.67. The Hall–Kier alpha value is -2.19. The lowest BCUT2D eigenvalue weighted by Gasteiger charge is -2.36. The number of carbonyl (C=O) groups excluding carboxylic acids is 1. The van der Waals surface area contributed by atoms with Crippen LogP contribution in [-0.4, -0.2) is 65.0 Å². The lowest BCUT2D eigenvalue weighted by Crippen LogP contribution is -2.44. The van der Waals surface area contributed by atoms with Gasteiger partial charge in [-0.05, 0) is 55.7 Å². The summed E-state index contributed by atoms with van der Waals surface area (Å²) in [5.41, 5.74) is 0.529. The minimum absolute atomic E-state index is 0.00677. The van der Waals surface area contributed by atoms with Crippen molar-refractivity contribution in [1.82, 2.24) is 9.88 Å². The number of aromatic nitrogens is 1. The summed E-state index contributed by atoms with van der Waals surface area (Å²) in [6.07, 6.45) is 4.73. The van der Waals surface area contributed by atoms with Crippen molar-refractivity contribution in [3.05, 3.63) is 35.8 Å². The van der Waals surface area contributed by atoms with Crippen molar-refractivity contribution in [2.45, 2.75) is 39.0 Å². The molecule has 180 valence electrons. The highest BCUT2D eigenvalue weighted by molar-refractivity contribution is 7.99. The molecule has 0 radical (unpaired) electrons. The number of benzene rings is 1. The van der Waals surface area contributed by atoms with Gasteiger partial charge in [0.2, 0.25) is 0 Å². The number of hydrogen-bond acceptors (Lipinski definition) is 6. The van der Waals surface area contributed by atoms with Gasteiger partial charge in [-0.3, -0.25) is 14.6 Å². The van der Waals surface area contributed by atoms with E-state index in [0.717, 1.165) is 37.2 Å². The van der Waals surface area contributed by atoms with Crippen LogP contribution in [0, 0.1) is 17.7 Å². The zero-order valence-corrected chi connectivity index (χ0v) is 20.2. The SMILES string of the molecule is CCCCSCCN1CCC(CCC(=O)c2c(F)cnc3ccc(OC)cc23)C(C(=O)O)C1. The number of carbonyl (C=O) groups is 2. The molecule has 0 bridgehead atoms. The van der Waals surface area contributed by atoms with E-state index in [2.05, 4.69) is 16.8 Å². The lowest BCUT2D eigenvalue weighted by atomic mass is 9.81. The van der Waals surface area contributed by atoms with Gasteiger partial charge in [-0.15, -0.1) is 0 Å². The van der Waals surface area contributed by atoms with E-state index >= 15 is 0 Å². The molecule has 8 heteroatoms. The maximum absolute atomic E-state index is 14.6. The van der Waals surface area contributed by atoms with Crippen LogP contribution < -0.4 is 4.74 Å². The van der Waals surface area contributed by atoms with Gasteiger partial charge in [0.1, 0.15) is 5.75 Å². The van der Waals surface area contributed by atoms with Gasteiger partial charge < -0.3 is 14.7 Å². The number of carboxylic acid groups (broad SMARTS) is 1. The molecule has 1 fully saturated rings. The van der Waals surface area contributed by atoms with E-state index in [9.17, 15) is 19.1 Å². The summed E-state index contributed by atoms with van der Waals surface area (Å²) in [6.45, 7) is 4.41. The molecule has 2 unspecified atom stereocenters. The second kappa shape index (κ2) is 12.3. The van der Waals surface area contributed by atoms with E-state index in [1.807, 2.05) is 11.8 Å². The molecule has 2 aromatic rings.